The minimum absolute atomic E-state index is 0.191. The van der Waals surface area contributed by atoms with Crippen molar-refractivity contribution in [2.75, 3.05) is 33.4 Å². The minimum atomic E-state index is -0.419. The van der Waals surface area contributed by atoms with Crippen LogP contribution in [0.25, 0.3) is 0 Å². The quantitative estimate of drug-likeness (QED) is 0.762. The van der Waals surface area contributed by atoms with Gasteiger partial charge in [0.1, 0.15) is 5.60 Å². The molecule has 118 valence electrons. The zero-order valence-electron chi connectivity index (χ0n) is 13.4. The summed E-state index contributed by atoms with van der Waals surface area (Å²) >= 11 is 0. The molecule has 0 aliphatic carbocycles. The fraction of sp³-hybridized carbons (Fsp3) is 0.933. The van der Waals surface area contributed by atoms with Crippen LogP contribution in [0.5, 0.6) is 0 Å². The number of carbonyl (C=O) groups is 1. The molecule has 1 aliphatic rings. The second-order valence-corrected chi connectivity index (χ2v) is 6.42. The van der Waals surface area contributed by atoms with Crippen molar-refractivity contribution in [2.45, 2.75) is 58.1 Å². The summed E-state index contributed by atoms with van der Waals surface area (Å²) in [6, 6.07) is 0.388. The third-order valence-electron chi connectivity index (χ3n) is 3.28. The molecule has 5 nitrogen and oxygen atoms in total. The van der Waals surface area contributed by atoms with E-state index < -0.39 is 5.60 Å². The molecule has 1 saturated heterocycles. The Morgan fingerprint density at radius 2 is 2.10 bits per heavy atom. The normalized spacial score (nSPS) is 20.0. The lowest BCUT2D eigenvalue weighted by Gasteiger charge is -2.34. The molecule has 1 rings (SSSR count). The van der Waals surface area contributed by atoms with Crippen molar-refractivity contribution < 1.29 is 14.3 Å². The Labute approximate surface area is 123 Å². The van der Waals surface area contributed by atoms with Crippen LogP contribution in [0.4, 0.5) is 4.79 Å². The number of ether oxygens (including phenoxy) is 2. The monoisotopic (exact) mass is 286 g/mol. The summed E-state index contributed by atoms with van der Waals surface area (Å²) in [5.74, 6) is 0. The Kier molecular flexibility index (Phi) is 7.30. The second kappa shape index (κ2) is 8.47. The lowest BCUT2D eigenvalue weighted by Crippen LogP contribution is -2.49. The summed E-state index contributed by atoms with van der Waals surface area (Å²) in [5, 5.41) is 3.52. The van der Waals surface area contributed by atoms with E-state index in [9.17, 15) is 4.79 Å². The molecule has 20 heavy (non-hydrogen) atoms. The average molecular weight is 286 g/mol. The number of piperidine rings is 1. The van der Waals surface area contributed by atoms with Crippen molar-refractivity contribution in [3.8, 4) is 0 Å². The number of nitrogens with one attached hydrogen (secondary N) is 1. The van der Waals surface area contributed by atoms with Crippen molar-refractivity contribution in [2.24, 2.45) is 0 Å². The van der Waals surface area contributed by atoms with Gasteiger partial charge in [-0.05, 0) is 53.0 Å². The summed E-state index contributed by atoms with van der Waals surface area (Å²) in [6.07, 6.45) is 4.16. The highest BCUT2D eigenvalue weighted by molar-refractivity contribution is 5.68. The number of likely N-dealkylation sites (tertiary alicyclic amines) is 1. The summed E-state index contributed by atoms with van der Waals surface area (Å²) in [4.78, 5) is 13.9. The van der Waals surface area contributed by atoms with Gasteiger partial charge in [-0.1, -0.05) is 0 Å². The maximum absolute atomic E-state index is 12.0. The molecule has 0 spiro atoms. The van der Waals surface area contributed by atoms with E-state index in [0.29, 0.717) is 6.04 Å². The molecule has 0 radical (unpaired) electrons. The van der Waals surface area contributed by atoms with E-state index in [1.165, 1.54) is 0 Å². The van der Waals surface area contributed by atoms with Gasteiger partial charge in [0.25, 0.3) is 0 Å². The Morgan fingerprint density at radius 1 is 1.35 bits per heavy atom. The van der Waals surface area contributed by atoms with Gasteiger partial charge in [0, 0.05) is 32.8 Å². The third-order valence-corrected chi connectivity index (χ3v) is 3.28. The maximum Gasteiger partial charge on any atom is 0.410 e. The van der Waals surface area contributed by atoms with Gasteiger partial charge in [0.05, 0.1) is 0 Å². The number of amides is 1. The van der Waals surface area contributed by atoms with Crippen LogP contribution in [-0.2, 0) is 9.47 Å². The van der Waals surface area contributed by atoms with Crippen molar-refractivity contribution >= 4 is 6.09 Å². The highest BCUT2D eigenvalue weighted by Gasteiger charge is 2.27. The summed E-state index contributed by atoms with van der Waals surface area (Å²) < 4.78 is 10.5. The summed E-state index contributed by atoms with van der Waals surface area (Å²) in [5.41, 5.74) is -0.419. The first-order chi connectivity index (χ1) is 9.42. The van der Waals surface area contributed by atoms with Crippen LogP contribution >= 0.6 is 0 Å². The number of methoxy groups -OCH3 is 1. The predicted octanol–water partition coefficient (Wildman–Crippen LogP) is 2.40. The Balaban J connectivity index is 2.26. The van der Waals surface area contributed by atoms with E-state index in [1.54, 1.807) is 7.11 Å². The molecule has 1 fully saturated rings. The van der Waals surface area contributed by atoms with Crippen LogP contribution in [0.1, 0.15) is 46.5 Å². The number of carbonyl (C=O) groups excluding carboxylic acids is 1. The van der Waals surface area contributed by atoms with Gasteiger partial charge in [-0.15, -0.1) is 0 Å². The average Bonchev–Trinajstić information content (AvgIpc) is 2.37. The van der Waals surface area contributed by atoms with Gasteiger partial charge in [-0.3, -0.25) is 0 Å². The van der Waals surface area contributed by atoms with E-state index in [2.05, 4.69) is 5.32 Å². The van der Waals surface area contributed by atoms with Gasteiger partial charge < -0.3 is 19.7 Å². The molecule has 1 amide bonds. The second-order valence-electron chi connectivity index (χ2n) is 6.42. The lowest BCUT2D eigenvalue weighted by molar-refractivity contribution is 0.0187. The zero-order valence-corrected chi connectivity index (χ0v) is 13.4. The van der Waals surface area contributed by atoms with Gasteiger partial charge >= 0.3 is 6.09 Å². The molecule has 5 heteroatoms. The zero-order chi connectivity index (χ0) is 15.0. The van der Waals surface area contributed by atoms with Crippen LogP contribution in [0, 0.1) is 0 Å². The highest BCUT2D eigenvalue weighted by Crippen LogP contribution is 2.15. The topological polar surface area (TPSA) is 50.8 Å². The summed E-state index contributed by atoms with van der Waals surface area (Å²) in [6.45, 7) is 9.06. The molecule has 0 aromatic heterocycles. The molecule has 1 N–H and O–H groups in total. The van der Waals surface area contributed by atoms with Gasteiger partial charge in [0.2, 0.25) is 0 Å². The van der Waals surface area contributed by atoms with Crippen LogP contribution in [0.3, 0.4) is 0 Å². The van der Waals surface area contributed by atoms with Crippen molar-refractivity contribution in [3.63, 3.8) is 0 Å². The van der Waals surface area contributed by atoms with Crippen LogP contribution < -0.4 is 5.32 Å². The number of unbranched alkanes of at least 4 members (excludes halogenated alkanes) is 1. The molecule has 0 saturated carbocycles. The summed E-state index contributed by atoms with van der Waals surface area (Å²) in [7, 11) is 1.73. The number of nitrogens with zero attached hydrogens (tertiary/aromatic N) is 1. The smallest absolute Gasteiger partial charge is 0.410 e. The molecule has 0 aromatic rings. The van der Waals surface area contributed by atoms with Crippen LogP contribution in [-0.4, -0.2) is 56.0 Å². The number of hydrogen-bond donors (Lipinski definition) is 1. The van der Waals surface area contributed by atoms with Crippen LogP contribution in [0.15, 0.2) is 0 Å². The number of hydrogen-bond acceptors (Lipinski definition) is 4. The molecule has 1 atom stereocenters. The van der Waals surface area contributed by atoms with Crippen molar-refractivity contribution in [1.29, 1.82) is 0 Å². The van der Waals surface area contributed by atoms with Gasteiger partial charge in [0.15, 0.2) is 0 Å². The van der Waals surface area contributed by atoms with Crippen molar-refractivity contribution in [1.82, 2.24) is 10.2 Å². The Morgan fingerprint density at radius 3 is 2.75 bits per heavy atom. The largest absolute Gasteiger partial charge is 0.444 e. The fourth-order valence-electron chi connectivity index (χ4n) is 2.31. The highest BCUT2D eigenvalue weighted by atomic mass is 16.6. The molecule has 0 aromatic carbocycles. The molecular weight excluding hydrogens is 256 g/mol. The SMILES string of the molecule is COCCCCNC1CCCN(C(=O)OC(C)(C)C)C1. The minimum Gasteiger partial charge on any atom is -0.444 e. The van der Waals surface area contributed by atoms with E-state index in [1.807, 2.05) is 25.7 Å². The maximum atomic E-state index is 12.0. The van der Waals surface area contributed by atoms with Gasteiger partial charge in [-0.2, -0.15) is 0 Å². The third kappa shape index (κ3) is 7.10. The van der Waals surface area contributed by atoms with E-state index in [-0.39, 0.29) is 6.09 Å². The number of rotatable bonds is 6. The molecule has 1 aliphatic heterocycles. The first-order valence-corrected chi connectivity index (χ1v) is 7.62. The van der Waals surface area contributed by atoms with Crippen LogP contribution in [0.2, 0.25) is 0 Å². The Hall–Kier alpha value is -0.810. The first-order valence-electron chi connectivity index (χ1n) is 7.62. The van der Waals surface area contributed by atoms with E-state index in [4.69, 9.17) is 9.47 Å². The van der Waals surface area contributed by atoms with Gasteiger partial charge in [-0.25, -0.2) is 4.79 Å². The van der Waals surface area contributed by atoms with E-state index >= 15 is 0 Å². The standard InChI is InChI=1S/C15H30N2O3/c1-15(2,3)20-14(18)17-10-7-8-13(12-17)16-9-5-6-11-19-4/h13,16H,5-12H2,1-4H3. The lowest BCUT2D eigenvalue weighted by atomic mass is 10.1. The molecule has 1 heterocycles. The molecular formula is C15H30N2O3. The van der Waals surface area contributed by atoms with Crippen molar-refractivity contribution in [3.05, 3.63) is 0 Å². The predicted molar refractivity (Wildman–Crippen MR) is 79.9 cm³/mol. The first kappa shape index (κ1) is 17.2. The van der Waals surface area contributed by atoms with E-state index in [0.717, 1.165) is 51.9 Å². The molecule has 0 bridgehead atoms. The Bertz CT molecular complexity index is 289. The fourth-order valence-corrected chi connectivity index (χ4v) is 2.31. The molecule has 1 unspecified atom stereocenters.